The molecule has 0 radical (unpaired) electrons. The Bertz CT molecular complexity index is 580. The number of rotatable bonds is 6. The first-order valence-corrected chi connectivity index (χ1v) is 8.43. The van der Waals surface area contributed by atoms with Crippen LogP contribution in [0.25, 0.3) is 0 Å². The first-order valence-electron chi connectivity index (χ1n) is 8.43. The minimum absolute atomic E-state index is 0. The molecule has 1 aromatic rings. The molecule has 0 spiro atoms. The van der Waals surface area contributed by atoms with Gasteiger partial charge in [0.2, 0.25) is 0 Å². The SMILES string of the molecule is CN=C(NCCNC(=O)c1cccc(C)c1)N1CCC(COC)C1.I. The summed E-state index contributed by atoms with van der Waals surface area (Å²) >= 11 is 0. The Morgan fingerprint density at radius 2 is 2.12 bits per heavy atom. The molecule has 25 heavy (non-hydrogen) atoms. The van der Waals surface area contributed by atoms with Gasteiger partial charge < -0.3 is 20.3 Å². The lowest BCUT2D eigenvalue weighted by molar-refractivity contribution is 0.0954. The van der Waals surface area contributed by atoms with Crippen LogP contribution in [0.3, 0.4) is 0 Å². The summed E-state index contributed by atoms with van der Waals surface area (Å²) in [5.41, 5.74) is 1.78. The number of nitrogens with one attached hydrogen (secondary N) is 2. The Hall–Kier alpha value is -1.35. The fraction of sp³-hybridized carbons (Fsp3) is 0.556. The van der Waals surface area contributed by atoms with Gasteiger partial charge in [-0.1, -0.05) is 17.7 Å². The van der Waals surface area contributed by atoms with Gasteiger partial charge in [-0.15, -0.1) is 24.0 Å². The zero-order valence-electron chi connectivity index (χ0n) is 15.2. The predicted octanol–water partition coefficient (Wildman–Crippen LogP) is 1.89. The van der Waals surface area contributed by atoms with Crippen molar-refractivity contribution in [1.82, 2.24) is 15.5 Å². The Balaban J connectivity index is 0.00000312. The van der Waals surface area contributed by atoms with Crippen molar-refractivity contribution in [2.24, 2.45) is 10.9 Å². The fourth-order valence-corrected chi connectivity index (χ4v) is 2.97. The maximum Gasteiger partial charge on any atom is 0.251 e. The number of likely N-dealkylation sites (tertiary alicyclic amines) is 1. The van der Waals surface area contributed by atoms with E-state index in [9.17, 15) is 4.79 Å². The third-order valence-electron chi connectivity index (χ3n) is 4.17. The number of carbonyl (C=O) groups excluding carboxylic acids is 1. The van der Waals surface area contributed by atoms with Gasteiger partial charge in [0.25, 0.3) is 5.91 Å². The maximum absolute atomic E-state index is 12.1. The van der Waals surface area contributed by atoms with Crippen LogP contribution in [0, 0.1) is 12.8 Å². The molecule has 0 aliphatic carbocycles. The molecular formula is C18H29IN4O2. The van der Waals surface area contributed by atoms with Gasteiger partial charge in [0.1, 0.15) is 0 Å². The van der Waals surface area contributed by atoms with E-state index in [0.717, 1.165) is 37.6 Å². The number of hydrogen-bond donors (Lipinski definition) is 2. The average molecular weight is 460 g/mol. The smallest absolute Gasteiger partial charge is 0.251 e. The van der Waals surface area contributed by atoms with E-state index in [1.165, 1.54) is 0 Å². The van der Waals surface area contributed by atoms with E-state index in [0.29, 0.717) is 24.6 Å². The molecule has 2 N–H and O–H groups in total. The number of hydrogen-bond acceptors (Lipinski definition) is 3. The summed E-state index contributed by atoms with van der Waals surface area (Å²) in [5, 5.41) is 6.24. The van der Waals surface area contributed by atoms with E-state index < -0.39 is 0 Å². The number of guanidine groups is 1. The number of ether oxygens (including phenoxy) is 1. The Kier molecular flexibility index (Phi) is 9.81. The Morgan fingerprint density at radius 3 is 2.80 bits per heavy atom. The van der Waals surface area contributed by atoms with Crippen molar-refractivity contribution in [3.8, 4) is 0 Å². The molecule has 1 heterocycles. The minimum Gasteiger partial charge on any atom is -0.384 e. The molecule has 140 valence electrons. The van der Waals surface area contributed by atoms with E-state index >= 15 is 0 Å². The number of aliphatic imine (C=N–C) groups is 1. The topological polar surface area (TPSA) is 66.0 Å². The molecule has 1 amide bonds. The van der Waals surface area contributed by atoms with E-state index in [1.54, 1.807) is 14.2 Å². The molecule has 0 saturated carbocycles. The zero-order chi connectivity index (χ0) is 17.4. The molecule has 6 nitrogen and oxygen atoms in total. The van der Waals surface area contributed by atoms with Crippen LogP contribution in [-0.2, 0) is 4.74 Å². The van der Waals surface area contributed by atoms with Crippen molar-refractivity contribution in [3.05, 3.63) is 35.4 Å². The number of amides is 1. The monoisotopic (exact) mass is 460 g/mol. The number of aryl methyl sites for hydroxylation is 1. The van der Waals surface area contributed by atoms with Crippen molar-refractivity contribution >= 4 is 35.8 Å². The average Bonchev–Trinajstić information content (AvgIpc) is 3.03. The van der Waals surface area contributed by atoms with Crippen molar-refractivity contribution in [2.45, 2.75) is 13.3 Å². The summed E-state index contributed by atoms with van der Waals surface area (Å²) in [7, 11) is 3.53. The summed E-state index contributed by atoms with van der Waals surface area (Å²) in [6.07, 6.45) is 1.12. The molecule has 0 aromatic heterocycles. The molecule has 1 saturated heterocycles. The van der Waals surface area contributed by atoms with Gasteiger partial charge in [-0.2, -0.15) is 0 Å². The molecular weight excluding hydrogens is 431 g/mol. The molecule has 1 aliphatic heterocycles. The normalized spacial score (nSPS) is 17.2. The van der Waals surface area contributed by atoms with Crippen LogP contribution in [0.15, 0.2) is 29.3 Å². The number of methoxy groups -OCH3 is 1. The highest BCUT2D eigenvalue weighted by atomic mass is 127. The molecule has 7 heteroatoms. The largest absolute Gasteiger partial charge is 0.384 e. The van der Waals surface area contributed by atoms with Crippen LogP contribution in [-0.4, -0.2) is 63.7 Å². The van der Waals surface area contributed by atoms with E-state index in [-0.39, 0.29) is 29.9 Å². The van der Waals surface area contributed by atoms with Gasteiger partial charge in [-0.05, 0) is 25.5 Å². The minimum atomic E-state index is -0.0446. The van der Waals surface area contributed by atoms with E-state index in [4.69, 9.17) is 4.74 Å². The van der Waals surface area contributed by atoms with Crippen molar-refractivity contribution in [2.75, 3.05) is 46.9 Å². The highest BCUT2D eigenvalue weighted by Gasteiger charge is 2.24. The summed E-state index contributed by atoms with van der Waals surface area (Å²) in [5.74, 6) is 1.41. The number of benzene rings is 1. The second-order valence-corrected chi connectivity index (χ2v) is 6.16. The van der Waals surface area contributed by atoms with Crippen LogP contribution in [0.1, 0.15) is 22.3 Å². The molecule has 0 bridgehead atoms. The Labute approximate surface area is 167 Å². The quantitative estimate of drug-likeness (QED) is 0.295. The van der Waals surface area contributed by atoms with Gasteiger partial charge >= 0.3 is 0 Å². The summed E-state index contributed by atoms with van der Waals surface area (Å²) in [4.78, 5) is 18.7. The summed E-state index contributed by atoms with van der Waals surface area (Å²) in [6.45, 7) is 5.93. The van der Waals surface area contributed by atoms with Gasteiger partial charge in [0.05, 0.1) is 6.61 Å². The first-order chi connectivity index (χ1) is 11.6. The molecule has 1 atom stereocenters. The van der Waals surface area contributed by atoms with Crippen LogP contribution in [0.2, 0.25) is 0 Å². The first kappa shape index (κ1) is 21.7. The highest BCUT2D eigenvalue weighted by Crippen LogP contribution is 2.16. The van der Waals surface area contributed by atoms with Crippen LogP contribution in [0.5, 0.6) is 0 Å². The maximum atomic E-state index is 12.1. The van der Waals surface area contributed by atoms with Crippen LogP contribution >= 0.6 is 24.0 Å². The van der Waals surface area contributed by atoms with E-state index in [2.05, 4.69) is 20.5 Å². The molecule has 2 rings (SSSR count). The standard InChI is InChI=1S/C18H28N4O2.HI/c1-14-5-4-6-16(11-14)17(23)20-8-9-21-18(19-2)22-10-7-15(12-22)13-24-3;/h4-6,11,15H,7-10,12-13H2,1-3H3,(H,19,21)(H,20,23);1H. The second-order valence-electron chi connectivity index (χ2n) is 6.16. The van der Waals surface area contributed by atoms with Crippen molar-refractivity contribution in [3.63, 3.8) is 0 Å². The number of halogens is 1. The Morgan fingerprint density at radius 1 is 1.36 bits per heavy atom. The predicted molar refractivity (Wildman–Crippen MR) is 112 cm³/mol. The summed E-state index contributed by atoms with van der Waals surface area (Å²) in [6, 6.07) is 7.60. The van der Waals surface area contributed by atoms with Gasteiger partial charge in [0, 0.05) is 51.8 Å². The molecule has 1 unspecified atom stereocenters. The van der Waals surface area contributed by atoms with Gasteiger partial charge in [0.15, 0.2) is 5.96 Å². The summed E-state index contributed by atoms with van der Waals surface area (Å²) < 4.78 is 5.23. The molecule has 1 aromatic carbocycles. The van der Waals surface area contributed by atoms with E-state index in [1.807, 2.05) is 31.2 Å². The lowest BCUT2D eigenvalue weighted by Crippen LogP contribution is -2.43. The van der Waals surface area contributed by atoms with Crippen LogP contribution in [0.4, 0.5) is 0 Å². The lowest BCUT2D eigenvalue weighted by atomic mass is 10.1. The zero-order valence-corrected chi connectivity index (χ0v) is 17.6. The molecule has 1 fully saturated rings. The van der Waals surface area contributed by atoms with Gasteiger partial charge in [-0.3, -0.25) is 9.79 Å². The van der Waals surface area contributed by atoms with Crippen LogP contribution < -0.4 is 10.6 Å². The molecule has 1 aliphatic rings. The second kappa shape index (κ2) is 11.3. The fourth-order valence-electron chi connectivity index (χ4n) is 2.97. The highest BCUT2D eigenvalue weighted by molar-refractivity contribution is 14.0. The van der Waals surface area contributed by atoms with Gasteiger partial charge in [-0.25, -0.2) is 0 Å². The van der Waals surface area contributed by atoms with Crippen molar-refractivity contribution in [1.29, 1.82) is 0 Å². The number of nitrogens with zero attached hydrogens (tertiary/aromatic N) is 2. The number of carbonyl (C=O) groups is 1. The lowest BCUT2D eigenvalue weighted by Gasteiger charge is -2.21. The van der Waals surface area contributed by atoms with Crippen molar-refractivity contribution < 1.29 is 9.53 Å². The third-order valence-corrected chi connectivity index (χ3v) is 4.17. The third kappa shape index (κ3) is 6.81.